The Bertz CT molecular complexity index is 167. The molecule has 0 saturated carbocycles. The van der Waals surface area contributed by atoms with E-state index < -0.39 is 17.2 Å². The highest BCUT2D eigenvalue weighted by Crippen LogP contribution is 1.71. The molecule has 0 rings (SSSR count). The van der Waals surface area contributed by atoms with Crippen molar-refractivity contribution in [2.75, 3.05) is 6.54 Å². The highest BCUT2D eigenvalue weighted by Gasteiger charge is 1.83. The van der Waals surface area contributed by atoms with Crippen LogP contribution in [0.4, 0.5) is 0 Å². The molecule has 0 aromatic rings. The molecule has 58 valence electrons. The summed E-state index contributed by atoms with van der Waals surface area (Å²) in [5.41, 5.74) is 0. The minimum atomic E-state index is -2.32. The van der Waals surface area contributed by atoms with Crippen LogP contribution in [-0.2, 0) is 16.1 Å². The largest absolute Gasteiger partial charge is 0.760 e. The number of nitrogens with one attached hydrogen (secondary N) is 1. The maximum atomic E-state index is 9.78. The van der Waals surface area contributed by atoms with Crippen molar-refractivity contribution in [1.82, 2.24) is 4.72 Å². The third-order valence-corrected chi connectivity index (χ3v) is 0.982. The molecule has 0 spiro atoms. The lowest BCUT2D eigenvalue weighted by atomic mass is 10.5. The molecule has 2 N–H and O–H groups in total. The van der Waals surface area contributed by atoms with Crippen molar-refractivity contribution in [2.45, 2.75) is 0 Å². The molecule has 0 aliphatic rings. The van der Waals surface area contributed by atoms with Gasteiger partial charge in [0.1, 0.15) is 0 Å². The molecule has 5 nitrogen and oxygen atoms in total. The van der Waals surface area contributed by atoms with Crippen molar-refractivity contribution in [1.29, 1.82) is 0 Å². The van der Waals surface area contributed by atoms with Gasteiger partial charge in [-0.15, -0.1) is 0 Å². The smallest absolute Gasteiger partial charge is 0.328 e. The van der Waals surface area contributed by atoms with Gasteiger partial charge in [0.05, 0.1) is 0 Å². The summed E-state index contributed by atoms with van der Waals surface area (Å²) in [7, 11) is 0. The first kappa shape index (κ1) is 9.28. The van der Waals surface area contributed by atoms with Gasteiger partial charge in [0, 0.05) is 23.9 Å². The summed E-state index contributed by atoms with van der Waals surface area (Å²) >= 11 is -2.32. The van der Waals surface area contributed by atoms with E-state index >= 15 is 0 Å². The molecular weight excluding hydrogens is 158 g/mol. The van der Waals surface area contributed by atoms with Gasteiger partial charge in [-0.2, -0.15) is 0 Å². The first-order chi connectivity index (χ1) is 4.63. The van der Waals surface area contributed by atoms with Gasteiger partial charge >= 0.3 is 5.97 Å². The average molecular weight is 164 g/mol. The zero-order chi connectivity index (χ0) is 7.98. The van der Waals surface area contributed by atoms with E-state index in [9.17, 15) is 13.6 Å². The SMILES string of the molecule is O=C(O)C=CCNS(=O)[O-]. The highest BCUT2D eigenvalue weighted by molar-refractivity contribution is 7.77. The molecule has 6 heteroatoms. The number of hydrogen-bond donors (Lipinski definition) is 2. The van der Waals surface area contributed by atoms with E-state index in [1.807, 2.05) is 4.72 Å². The van der Waals surface area contributed by atoms with Gasteiger partial charge in [0.2, 0.25) is 0 Å². The fraction of sp³-hybridized carbons (Fsp3) is 0.250. The summed E-state index contributed by atoms with van der Waals surface area (Å²) in [6, 6.07) is 0. The minimum Gasteiger partial charge on any atom is -0.760 e. The molecular formula is C4H6NO4S-. The number of hydrogen-bond acceptors (Lipinski definition) is 3. The molecule has 0 aromatic carbocycles. The molecule has 0 saturated heterocycles. The van der Waals surface area contributed by atoms with E-state index in [-0.39, 0.29) is 6.54 Å². The summed E-state index contributed by atoms with van der Waals surface area (Å²) in [6.45, 7) is 0.00239. The quantitative estimate of drug-likeness (QED) is 0.412. The van der Waals surface area contributed by atoms with E-state index in [0.717, 1.165) is 6.08 Å². The topological polar surface area (TPSA) is 89.5 Å². The zero-order valence-corrected chi connectivity index (χ0v) is 5.76. The molecule has 0 aliphatic carbocycles. The maximum absolute atomic E-state index is 9.78. The Morgan fingerprint density at radius 1 is 1.80 bits per heavy atom. The van der Waals surface area contributed by atoms with Gasteiger partial charge < -0.3 is 9.66 Å². The second-order valence-electron chi connectivity index (χ2n) is 1.32. The van der Waals surface area contributed by atoms with E-state index in [4.69, 9.17) is 5.11 Å². The van der Waals surface area contributed by atoms with Gasteiger partial charge in [0.15, 0.2) is 0 Å². The van der Waals surface area contributed by atoms with E-state index in [2.05, 4.69) is 0 Å². The molecule has 0 radical (unpaired) electrons. The molecule has 0 heterocycles. The Balaban J connectivity index is 3.36. The molecule has 1 atom stereocenters. The lowest BCUT2D eigenvalue weighted by molar-refractivity contribution is -0.131. The second kappa shape index (κ2) is 5.10. The fourth-order valence-electron chi connectivity index (χ4n) is 0.276. The first-order valence-corrected chi connectivity index (χ1v) is 3.42. The van der Waals surface area contributed by atoms with Gasteiger partial charge in [-0.1, -0.05) is 6.08 Å². The maximum Gasteiger partial charge on any atom is 0.328 e. The zero-order valence-electron chi connectivity index (χ0n) is 4.94. The van der Waals surface area contributed by atoms with Crippen LogP contribution in [0.5, 0.6) is 0 Å². The number of rotatable bonds is 4. The van der Waals surface area contributed by atoms with Crippen LogP contribution in [0.3, 0.4) is 0 Å². The summed E-state index contributed by atoms with van der Waals surface area (Å²) in [5, 5.41) is 8.01. The van der Waals surface area contributed by atoms with Crippen LogP contribution < -0.4 is 4.72 Å². The third kappa shape index (κ3) is 7.28. The van der Waals surface area contributed by atoms with Crippen molar-refractivity contribution in [3.63, 3.8) is 0 Å². The van der Waals surface area contributed by atoms with Crippen LogP contribution in [0.15, 0.2) is 12.2 Å². The predicted octanol–water partition coefficient (Wildman–Crippen LogP) is -0.989. The van der Waals surface area contributed by atoms with Crippen molar-refractivity contribution in [3.05, 3.63) is 12.2 Å². The van der Waals surface area contributed by atoms with Crippen LogP contribution in [0.1, 0.15) is 0 Å². The number of aliphatic carboxylic acids is 1. The van der Waals surface area contributed by atoms with Gasteiger partial charge in [0.25, 0.3) is 0 Å². The summed E-state index contributed by atoms with van der Waals surface area (Å²) in [5.74, 6) is -1.10. The third-order valence-electron chi connectivity index (χ3n) is 0.579. The van der Waals surface area contributed by atoms with Gasteiger partial charge in [-0.05, 0) is 0 Å². The van der Waals surface area contributed by atoms with Crippen LogP contribution >= 0.6 is 0 Å². The summed E-state index contributed by atoms with van der Waals surface area (Å²) < 4.78 is 21.5. The van der Waals surface area contributed by atoms with Gasteiger partial charge in [-0.25, -0.2) is 9.52 Å². The fourth-order valence-corrected chi connectivity index (χ4v) is 0.508. The Kier molecular flexibility index (Phi) is 4.73. The van der Waals surface area contributed by atoms with E-state index in [1.54, 1.807) is 0 Å². The number of carbonyl (C=O) groups is 1. The van der Waals surface area contributed by atoms with E-state index in [0.29, 0.717) is 0 Å². The molecule has 1 unspecified atom stereocenters. The average Bonchev–Trinajstić information content (AvgIpc) is 1.79. The van der Waals surface area contributed by atoms with Crippen LogP contribution in [0, 0.1) is 0 Å². The van der Waals surface area contributed by atoms with Gasteiger partial charge in [-0.3, -0.25) is 4.21 Å². The number of carboxylic acids is 1. The molecule has 10 heavy (non-hydrogen) atoms. The van der Waals surface area contributed by atoms with E-state index in [1.165, 1.54) is 6.08 Å². The van der Waals surface area contributed by atoms with Crippen molar-refractivity contribution >= 4 is 17.2 Å². The number of carboxylic acid groups (broad SMARTS) is 1. The Morgan fingerprint density at radius 3 is 2.80 bits per heavy atom. The van der Waals surface area contributed by atoms with Crippen molar-refractivity contribution in [3.8, 4) is 0 Å². The Hall–Kier alpha value is -0.720. The lowest BCUT2D eigenvalue weighted by Gasteiger charge is -2.01. The Labute approximate surface area is 60.2 Å². The normalized spacial score (nSPS) is 13.7. The molecule has 0 amide bonds. The predicted molar refractivity (Wildman–Crippen MR) is 33.7 cm³/mol. The molecule has 0 aromatic heterocycles. The van der Waals surface area contributed by atoms with Crippen molar-refractivity contribution < 1.29 is 18.7 Å². The summed E-state index contributed by atoms with van der Waals surface area (Å²) in [6.07, 6.45) is 2.05. The standard InChI is InChI=1S/C4H7NO4S/c6-4(7)2-1-3-5-10(8)9/h1-2,5H,3H2,(H,6,7)(H,8,9)/p-1. The second-order valence-corrected chi connectivity index (χ2v) is 2.08. The highest BCUT2D eigenvalue weighted by atomic mass is 32.2. The minimum absolute atomic E-state index is 0.00239. The van der Waals surface area contributed by atoms with Crippen LogP contribution in [0.25, 0.3) is 0 Å². The molecule has 0 fully saturated rings. The summed E-state index contributed by atoms with van der Waals surface area (Å²) in [4.78, 5) is 9.78. The Morgan fingerprint density at radius 2 is 2.40 bits per heavy atom. The van der Waals surface area contributed by atoms with Crippen molar-refractivity contribution in [2.24, 2.45) is 0 Å². The lowest BCUT2D eigenvalue weighted by Crippen LogP contribution is -2.15. The molecule has 0 aliphatic heterocycles. The van der Waals surface area contributed by atoms with Crippen LogP contribution in [0.2, 0.25) is 0 Å². The first-order valence-electron chi connectivity index (χ1n) is 2.35. The monoisotopic (exact) mass is 164 g/mol. The molecule has 0 bridgehead atoms. The van der Waals surface area contributed by atoms with Crippen LogP contribution in [-0.4, -0.2) is 26.4 Å².